The SMILES string of the molecule is CNC(c1ccc(F)cc1)c1ccc2c(c1)CC(C)O2. The van der Waals surface area contributed by atoms with Gasteiger partial charge in [-0.15, -0.1) is 0 Å². The van der Waals surface area contributed by atoms with Crippen molar-refractivity contribution in [1.82, 2.24) is 5.32 Å². The van der Waals surface area contributed by atoms with Crippen molar-refractivity contribution in [3.63, 3.8) is 0 Å². The molecule has 0 spiro atoms. The topological polar surface area (TPSA) is 21.3 Å². The first-order valence-corrected chi connectivity index (χ1v) is 6.89. The molecule has 0 radical (unpaired) electrons. The third-order valence-electron chi connectivity index (χ3n) is 3.75. The third kappa shape index (κ3) is 2.41. The zero-order valence-corrected chi connectivity index (χ0v) is 11.7. The second kappa shape index (κ2) is 5.25. The molecule has 2 nitrogen and oxygen atoms in total. The maximum absolute atomic E-state index is 13.0. The largest absolute Gasteiger partial charge is 0.490 e. The van der Waals surface area contributed by atoms with Crippen LogP contribution in [0.25, 0.3) is 0 Å². The van der Waals surface area contributed by atoms with Crippen molar-refractivity contribution < 1.29 is 9.13 Å². The lowest BCUT2D eigenvalue weighted by molar-refractivity contribution is 0.254. The van der Waals surface area contributed by atoms with E-state index in [1.54, 1.807) is 0 Å². The summed E-state index contributed by atoms with van der Waals surface area (Å²) in [7, 11) is 1.92. The zero-order valence-electron chi connectivity index (χ0n) is 11.7. The van der Waals surface area contributed by atoms with Gasteiger partial charge >= 0.3 is 0 Å². The van der Waals surface area contributed by atoms with Gasteiger partial charge in [-0.3, -0.25) is 0 Å². The van der Waals surface area contributed by atoms with Gasteiger partial charge in [0.05, 0.1) is 6.04 Å². The lowest BCUT2D eigenvalue weighted by atomic mass is 9.96. The summed E-state index contributed by atoms with van der Waals surface area (Å²) in [4.78, 5) is 0. The van der Waals surface area contributed by atoms with E-state index in [-0.39, 0.29) is 18.0 Å². The molecule has 1 aliphatic rings. The fourth-order valence-electron chi connectivity index (χ4n) is 2.80. The van der Waals surface area contributed by atoms with E-state index in [0.29, 0.717) is 0 Å². The Hall–Kier alpha value is -1.87. The maximum atomic E-state index is 13.0. The summed E-state index contributed by atoms with van der Waals surface area (Å²) in [5, 5.41) is 3.29. The van der Waals surface area contributed by atoms with Crippen LogP contribution in [0, 0.1) is 5.82 Å². The van der Waals surface area contributed by atoms with Crippen molar-refractivity contribution in [1.29, 1.82) is 0 Å². The molecule has 1 N–H and O–H groups in total. The average Bonchev–Trinajstić information content (AvgIpc) is 2.81. The van der Waals surface area contributed by atoms with E-state index in [1.165, 1.54) is 23.3 Å². The standard InChI is InChI=1S/C17H18FNO/c1-11-9-14-10-13(5-8-16(14)20-11)17(19-2)12-3-6-15(18)7-4-12/h3-8,10-11,17,19H,9H2,1-2H3. The average molecular weight is 271 g/mol. The molecule has 2 aromatic rings. The zero-order chi connectivity index (χ0) is 14.1. The molecule has 0 fully saturated rings. The number of nitrogens with one attached hydrogen (secondary N) is 1. The lowest BCUT2D eigenvalue weighted by Crippen LogP contribution is -2.17. The molecule has 20 heavy (non-hydrogen) atoms. The van der Waals surface area contributed by atoms with Crippen LogP contribution in [0.1, 0.15) is 29.7 Å². The smallest absolute Gasteiger partial charge is 0.123 e. The number of halogens is 1. The number of hydrogen-bond acceptors (Lipinski definition) is 2. The first kappa shape index (κ1) is 13.1. The highest BCUT2D eigenvalue weighted by Gasteiger charge is 2.21. The highest BCUT2D eigenvalue weighted by atomic mass is 19.1. The molecule has 3 rings (SSSR count). The summed E-state index contributed by atoms with van der Waals surface area (Å²) >= 11 is 0. The van der Waals surface area contributed by atoms with Crippen molar-refractivity contribution in [2.24, 2.45) is 0 Å². The maximum Gasteiger partial charge on any atom is 0.123 e. The minimum atomic E-state index is -0.209. The molecule has 0 saturated carbocycles. The lowest BCUT2D eigenvalue weighted by Gasteiger charge is -2.18. The number of rotatable bonds is 3. The predicted molar refractivity (Wildman–Crippen MR) is 77.5 cm³/mol. The van der Waals surface area contributed by atoms with Crippen LogP contribution in [0.3, 0.4) is 0 Å². The molecule has 1 heterocycles. The Kier molecular flexibility index (Phi) is 3.45. The van der Waals surface area contributed by atoms with Gasteiger partial charge in [-0.25, -0.2) is 4.39 Å². The number of hydrogen-bond donors (Lipinski definition) is 1. The Labute approximate surface area is 118 Å². The minimum Gasteiger partial charge on any atom is -0.490 e. The molecule has 0 saturated heterocycles. The highest BCUT2D eigenvalue weighted by Crippen LogP contribution is 2.32. The van der Waals surface area contributed by atoms with Crippen molar-refractivity contribution in [2.45, 2.75) is 25.5 Å². The van der Waals surface area contributed by atoms with Gasteiger partial charge in [-0.05, 0) is 48.9 Å². The highest BCUT2D eigenvalue weighted by molar-refractivity contribution is 5.43. The first-order chi connectivity index (χ1) is 9.67. The summed E-state index contributed by atoms with van der Waals surface area (Å²) in [5.74, 6) is 0.773. The number of fused-ring (bicyclic) bond motifs is 1. The molecular weight excluding hydrogens is 253 g/mol. The normalized spacial score (nSPS) is 18.4. The molecule has 0 amide bonds. The molecule has 2 aromatic carbocycles. The molecule has 1 aliphatic heterocycles. The summed E-state index contributed by atoms with van der Waals surface area (Å²) < 4.78 is 18.8. The van der Waals surface area contributed by atoms with Crippen LogP contribution in [-0.4, -0.2) is 13.2 Å². The van der Waals surface area contributed by atoms with E-state index in [9.17, 15) is 4.39 Å². The summed E-state index contributed by atoms with van der Waals surface area (Å²) in [6, 6.07) is 13.0. The molecular formula is C17H18FNO. The third-order valence-corrected chi connectivity index (χ3v) is 3.75. The summed E-state index contributed by atoms with van der Waals surface area (Å²) in [6.07, 6.45) is 1.20. The van der Waals surface area contributed by atoms with E-state index in [2.05, 4.69) is 24.4 Å². The quantitative estimate of drug-likeness (QED) is 0.923. The fraction of sp³-hybridized carbons (Fsp3) is 0.294. The van der Waals surface area contributed by atoms with Gasteiger partial charge < -0.3 is 10.1 Å². The van der Waals surface area contributed by atoms with Crippen molar-refractivity contribution in [3.8, 4) is 5.75 Å². The van der Waals surface area contributed by atoms with Crippen LogP contribution in [0.5, 0.6) is 5.75 Å². The first-order valence-electron chi connectivity index (χ1n) is 6.89. The van der Waals surface area contributed by atoms with Gasteiger partial charge in [0.25, 0.3) is 0 Å². The van der Waals surface area contributed by atoms with Crippen LogP contribution in [0.2, 0.25) is 0 Å². The van der Waals surface area contributed by atoms with E-state index >= 15 is 0 Å². The molecule has 0 aromatic heterocycles. The van der Waals surface area contributed by atoms with Gasteiger partial charge in [0.1, 0.15) is 17.7 Å². The van der Waals surface area contributed by atoms with Gasteiger partial charge in [0.15, 0.2) is 0 Å². The second-order valence-corrected chi connectivity index (χ2v) is 5.27. The minimum absolute atomic E-state index is 0.0665. The van der Waals surface area contributed by atoms with Crippen LogP contribution in [0.15, 0.2) is 42.5 Å². The van der Waals surface area contributed by atoms with Gasteiger partial charge in [0, 0.05) is 6.42 Å². The van der Waals surface area contributed by atoms with Crippen LogP contribution < -0.4 is 10.1 Å². The summed E-state index contributed by atoms with van der Waals surface area (Å²) in [5.41, 5.74) is 3.48. The predicted octanol–water partition coefficient (Wildman–Crippen LogP) is 3.46. The van der Waals surface area contributed by atoms with Crippen molar-refractivity contribution in [3.05, 3.63) is 65.0 Å². The molecule has 3 heteroatoms. The molecule has 2 unspecified atom stereocenters. The summed E-state index contributed by atoms with van der Waals surface area (Å²) in [6.45, 7) is 2.08. The Morgan fingerprint density at radius 2 is 1.85 bits per heavy atom. The van der Waals surface area contributed by atoms with Crippen LogP contribution in [-0.2, 0) is 6.42 Å². The molecule has 2 atom stereocenters. The van der Waals surface area contributed by atoms with E-state index in [4.69, 9.17) is 4.74 Å². The molecule has 104 valence electrons. The molecule has 0 aliphatic carbocycles. The van der Waals surface area contributed by atoms with E-state index in [1.807, 2.05) is 25.2 Å². The van der Waals surface area contributed by atoms with E-state index < -0.39 is 0 Å². The Morgan fingerprint density at radius 3 is 2.55 bits per heavy atom. The number of ether oxygens (including phenoxy) is 1. The van der Waals surface area contributed by atoms with Gasteiger partial charge in [-0.1, -0.05) is 24.3 Å². The molecule has 0 bridgehead atoms. The van der Waals surface area contributed by atoms with Crippen LogP contribution in [0.4, 0.5) is 4.39 Å². The second-order valence-electron chi connectivity index (χ2n) is 5.27. The van der Waals surface area contributed by atoms with Crippen molar-refractivity contribution in [2.75, 3.05) is 7.05 Å². The Morgan fingerprint density at radius 1 is 1.15 bits per heavy atom. The van der Waals surface area contributed by atoms with Gasteiger partial charge in [0.2, 0.25) is 0 Å². The van der Waals surface area contributed by atoms with Crippen molar-refractivity contribution >= 4 is 0 Å². The monoisotopic (exact) mass is 271 g/mol. The fourth-order valence-corrected chi connectivity index (χ4v) is 2.80. The van der Waals surface area contributed by atoms with Gasteiger partial charge in [-0.2, -0.15) is 0 Å². The van der Waals surface area contributed by atoms with E-state index in [0.717, 1.165) is 17.7 Å². The Bertz CT molecular complexity index is 609. The number of benzene rings is 2. The van der Waals surface area contributed by atoms with Crippen LogP contribution >= 0.6 is 0 Å². The Balaban J connectivity index is 1.94.